The molecule has 0 atom stereocenters. The van der Waals surface area contributed by atoms with Crippen molar-refractivity contribution < 1.29 is 29.4 Å². The molecule has 0 bridgehead atoms. The Balaban J connectivity index is 0.000000358. The topological polar surface area (TPSA) is 135 Å². The molecule has 0 heterocycles. The molecule has 0 aliphatic heterocycles. The minimum atomic E-state index is -1.19. The Morgan fingerprint density at radius 1 is 0.969 bits per heavy atom. The van der Waals surface area contributed by atoms with Crippen molar-refractivity contribution in [2.45, 2.75) is 26.7 Å². The van der Waals surface area contributed by atoms with Crippen molar-refractivity contribution in [1.29, 1.82) is 0 Å². The monoisotopic (exact) mass is 437 g/mol. The largest absolute Gasteiger partial charge is 0.478 e. The lowest BCUT2D eigenvalue weighted by Gasteiger charge is -2.12. The number of carbonyl (C=O) groups excluding carboxylic acids is 2. The van der Waals surface area contributed by atoms with Crippen LogP contribution in [-0.2, 0) is 17.6 Å². The summed E-state index contributed by atoms with van der Waals surface area (Å²) in [6, 6.07) is 14.1. The molecule has 3 rings (SSSR count). The van der Waals surface area contributed by atoms with Gasteiger partial charge in [0.15, 0.2) is 6.29 Å². The number of benzene rings is 3. The van der Waals surface area contributed by atoms with Gasteiger partial charge in [0.05, 0.1) is 11.1 Å². The summed E-state index contributed by atoms with van der Waals surface area (Å²) in [5.41, 5.74) is 8.87. The van der Waals surface area contributed by atoms with Crippen LogP contribution in [0.1, 0.15) is 54.7 Å². The van der Waals surface area contributed by atoms with Crippen LogP contribution < -0.4 is 5.73 Å². The number of aryl methyl sites for hydroxylation is 2. The number of carbonyl (C=O) groups is 4. The molecule has 0 saturated heterocycles. The molecule has 0 amide bonds. The molecule has 0 saturated carbocycles. The van der Waals surface area contributed by atoms with E-state index in [4.69, 9.17) is 10.5 Å². The third-order valence-electron chi connectivity index (χ3n) is 4.76. The van der Waals surface area contributed by atoms with E-state index in [9.17, 15) is 24.6 Å². The van der Waals surface area contributed by atoms with Gasteiger partial charge in [-0.05, 0) is 49.6 Å². The van der Waals surface area contributed by atoms with Gasteiger partial charge in [0.1, 0.15) is 6.79 Å². The van der Waals surface area contributed by atoms with E-state index in [1.54, 1.807) is 6.07 Å². The van der Waals surface area contributed by atoms with E-state index in [1.165, 1.54) is 29.3 Å². The zero-order chi connectivity index (χ0) is 24.3. The first-order chi connectivity index (χ1) is 15.3. The fourth-order valence-corrected chi connectivity index (χ4v) is 3.38. The standard InChI is InChI=1S/C15H12O5.C9H13N.CH2O/c1-2-8-3-5-11(15(19)20)13-9(7-16)4-6-10(12(8)13)14(17)18;1-8-3-2-4-9(7-8)5-6-10;1-2/h3-7H,2H2,1H3,(H,17,18)(H,19,20);2-4,7H,5-6,10H2,1H3;1H2. The summed E-state index contributed by atoms with van der Waals surface area (Å²) in [5.74, 6) is -2.34. The van der Waals surface area contributed by atoms with Crippen LogP contribution in [0.15, 0.2) is 48.5 Å². The Kier molecular flexibility index (Phi) is 10.4. The van der Waals surface area contributed by atoms with Gasteiger partial charge in [0.2, 0.25) is 0 Å². The van der Waals surface area contributed by atoms with Crippen LogP contribution in [0.2, 0.25) is 0 Å². The van der Waals surface area contributed by atoms with Crippen LogP contribution >= 0.6 is 0 Å². The van der Waals surface area contributed by atoms with E-state index in [-0.39, 0.29) is 22.1 Å². The molecular formula is C25H27NO6. The normalized spacial score (nSPS) is 9.72. The molecule has 0 spiro atoms. The summed E-state index contributed by atoms with van der Waals surface area (Å²) in [4.78, 5) is 41.8. The van der Waals surface area contributed by atoms with E-state index >= 15 is 0 Å². The molecule has 3 aromatic carbocycles. The predicted molar refractivity (Wildman–Crippen MR) is 124 cm³/mol. The number of aldehydes is 1. The first kappa shape index (κ1) is 26.2. The van der Waals surface area contributed by atoms with Crippen molar-refractivity contribution in [1.82, 2.24) is 0 Å². The second-order valence-electron chi connectivity index (χ2n) is 6.83. The lowest BCUT2D eigenvalue weighted by molar-refractivity contribution is -0.0980. The van der Waals surface area contributed by atoms with Crippen molar-refractivity contribution in [3.05, 3.63) is 81.9 Å². The highest BCUT2D eigenvalue weighted by atomic mass is 16.4. The minimum Gasteiger partial charge on any atom is -0.478 e. The van der Waals surface area contributed by atoms with E-state index in [0.717, 1.165) is 13.0 Å². The maximum atomic E-state index is 11.3. The summed E-state index contributed by atoms with van der Waals surface area (Å²) in [5, 5.41) is 19.0. The molecule has 0 aliphatic carbocycles. The second kappa shape index (κ2) is 12.8. The average Bonchev–Trinajstić information content (AvgIpc) is 2.79. The number of aromatic carboxylic acids is 2. The quantitative estimate of drug-likeness (QED) is 0.497. The number of carboxylic acids is 2. The van der Waals surface area contributed by atoms with Crippen LogP contribution in [-0.4, -0.2) is 41.8 Å². The lowest BCUT2D eigenvalue weighted by atomic mass is 9.91. The van der Waals surface area contributed by atoms with E-state index in [2.05, 4.69) is 31.2 Å². The molecule has 3 aromatic rings. The van der Waals surface area contributed by atoms with Gasteiger partial charge in [-0.2, -0.15) is 0 Å². The van der Waals surface area contributed by atoms with Gasteiger partial charge in [0.25, 0.3) is 0 Å². The minimum absolute atomic E-state index is 0.00514. The number of carboxylic acid groups (broad SMARTS) is 2. The number of rotatable bonds is 6. The van der Waals surface area contributed by atoms with E-state index in [1.807, 2.05) is 13.7 Å². The molecule has 0 aliphatic rings. The van der Waals surface area contributed by atoms with Crippen molar-refractivity contribution in [3.8, 4) is 0 Å². The van der Waals surface area contributed by atoms with Crippen molar-refractivity contribution in [3.63, 3.8) is 0 Å². The zero-order valence-electron chi connectivity index (χ0n) is 18.1. The maximum Gasteiger partial charge on any atom is 0.336 e. The third-order valence-corrected chi connectivity index (χ3v) is 4.76. The Morgan fingerprint density at radius 3 is 2.06 bits per heavy atom. The summed E-state index contributed by atoms with van der Waals surface area (Å²) >= 11 is 0. The van der Waals surface area contributed by atoms with Crippen molar-refractivity contribution in [2.24, 2.45) is 5.73 Å². The SMILES string of the molecule is C=O.CCc1ccc(C(=O)O)c2c(C=O)ccc(C(=O)O)c12.Cc1cccc(CCN)c1. The van der Waals surface area contributed by atoms with Gasteiger partial charge in [-0.25, -0.2) is 9.59 Å². The lowest BCUT2D eigenvalue weighted by Crippen LogP contribution is -2.06. The molecule has 32 heavy (non-hydrogen) atoms. The first-order valence-electron chi connectivity index (χ1n) is 9.88. The highest BCUT2D eigenvalue weighted by Gasteiger charge is 2.19. The number of nitrogens with two attached hydrogens (primary N) is 1. The summed E-state index contributed by atoms with van der Waals surface area (Å²) in [7, 11) is 0. The maximum absolute atomic E-state index is 11.3. The van der Waals surface area contributed by atoms with Crippen LogP contribution in [0.3, 0.4) is 0 Å². The van der Waals surface area contributed by atoms with Crippen molar-refractivity contribution >= 4 is 35.8 Å². The Bertz CT molecular complexity index is 1110. The molecule has 0 radical (unpaired) electrons. The third kappa shape index (κ3) is 6.33. The number of hydrogen-bond acceptors (Lipinski definition) is 5. The van der Waals surface area contributed by atoms with Crippen LogP contribution in [0.25, 0.3) is 10.8 Å². The highest BCUT2D eigenvalue weighted by molar-refractivity contribution is 6.16. The molecular weight excluding hydrogens is 410 g/mol. The van der Waals surface area contributed by atoms with Gasteiger partial charge in [0, 0.05) is 16.3 Å². The molecule has 7 heteroatoms. The van der Waals surface area contributed by atoms with Gasteiger partial charge >= 0.3 is 11.9 Å². The second-order valence-corrected chi connectivity index (χ2v) is 6.83. The van der Waals surface area contributed by atoms with E-state index in [0.29, 0.717) is 23.7 Å². The Labute approximate surface area is 186 Å². The number of fused-ring (bicyclic) bond motifs is 1. The molecule has 0 aromatic heterocycles. The predicted octanol–water partition coefficient (Wildman–Crippen LogP) is 3.92. The number of hydrogen-bond donors (Lipinski definition) is 3. The molecule has 0 unspecified atom stereocenters. The zero-order valence-corrected chi connectivity index (χ0v) is 18.1. The van der Waals surface area contributed by atoms with Crippen molar-refractivity contribution in [2.75, 3.05) is 6.54 Å². The first-order valence-corrected chi connectivity index (χ1v) is 9.88. The fourth-order valence-electron chi connectivity index (χ4n) is 3.38. The van der Waals surface area contributed by atoms with Gasteiger partial charge in [-0.1, -0.05) is 48.9 Å². The smallest absolute Gasteiger partial charge is 0.336 e. The molecule has 168 valence electrons. The molecule has 0 fully saturated rings. The van der Waals surface area contributed by atoms with Crippen LogP contribution in [0.4, 0.5) is 0 Å². The van der Waals surface area contributed by atoms with Crippen LogP contribution in [0.5, 0.6) is 0 Å². The Hall–Kier alpha value is -3.84. The fraction of sp³-hybridized carbons (Fsp3) is 0.200. The van der Waals surface area contributed by atoms with Crippen LogP contribution in [0, 0.1) is 6.92 Å². The Morgan fingerprint density at radius 2 is 1.56 bits per heavy atom. The summed E-state index contributed by atoms with van der Waals surface area (Å²) in [6.45, 7) is 6.68. The van der Waals surface area contributed by atoms with Gasteiger partial charge < -0.3 is 20.7 Å². The molecule has 4 N–H and O–H groups in total. The van der Waals surface area contributed by atoms with E-state index < -0.39 is 11.9 Å². The summed E-state index contributed by atoms with van der Waals surface area (Å²) in [6.07, 6.45) is 2.07. The average molecular weight is 437 g/mol. The highest BCUT2D eigenvalue weighted by Crippen LogP contribution is 2.29. The van der Waals surface area contributed by atoms with Gasteiger partial charge in [-0.3, -0.25) is 4.79 Å². The summed E-state index contributed by atoms with van der Waals surface area (Å²) < 4.78 is 0. The van der Waals surface area contributed by atoms with Gasteiger partial charge in [-0.15, -0.1) is 0 Å². The molecule has 7 nitrogen and oxygen atoms in total.